The Balaban J connectivity index is 2.01. The van der Waals surface area contributed by atoms with Crippen LogP contribution in [0.25, 0.3) is 0 Å². The molecule has 0 aromatic heterocycles. The highest BCUT2D eigenvalue weighted by Gasteiger charge is 2.32. The van der Waals surface area contributed by atoms with Crippen LogP contribution in [0.4, 0.5) is 5.69 Å². The summed E-state index contributed by atoms with van der Waals surface area (Å²) in [5.41, 5.74) is 2.05. The van der Waals surface area contributed by atoms with Gasteiger partial charge >= 0.3 is 0 Å². The lowest BCUT2D eigenvalue weighted by Gasteiger charge is -2.32. The molecule has 0 spiro atoms. The van der Waals surface area contributed by atoms with Gasteiger partial charge in [-0.3, -0.25) is 13.9 Å². The topological polar surface area (TPSA) is 86.8 Å². The molecule has 1 N–H and O–H groups in total. The predicted molar refractivity (Wildman–Crippen MR) is 162 cm³/mol. The number of nitrogens with one attached hydrogen (secondary N) is 1. The van der Waals surface area contributed by atoms with Crippen LogP contribution in [0.5, 0.6) is 0 Å². The van der Waals surface area contributed by atoms with Crippen LogP contribution in [0.2, 0.25) is 0 Å². The van der Waals surface area contributed by atoms with E-state index in [0.717, 1.165) is 19.9 Å². The van der Waals surface area contributed by atoms with E-state index in [1.807, 2.05) is 45.0 Å². The zero-order valence-electron chi connectivity index (χ0n) is 22.4. The normalized spacial score (nSPS) is 12.2. The Morgan fingerprint density at radius 2 is 1.51 bits per heavy atom. The Kier molecular flexibility index (Phi) is 10.7. The number of sulfonamides is 1. The van der Waals surface area contributed by atoms with Crippen molar-refractivity contribution in [3.63, 3.8) is 0 Å². The summed E-state index contributed by atoms with van der Waals surface area (Å²) in [5, 5.41) is 2.89. The molecule has 0 aliphatic heterocycles. The summed E-state index contributed by atoms with van der Waals surface area (Å²) in [7, 11) is -4.11. The quantitative estimate of drug-likeness (QED) is 0.274. The fourth-order valence-electron chi connectivity index (χ4n) is 3.86. The third-order valence-electron chi connectivity index (χ3n) is 6.08. The first-order valence-electron chi connectivity index (χ1n) is 12.5. The van der Waals surface area contributed by atoms with E-state index in [2.05, 4.69) is 37.2 Å². The van der Waals surface area contributed by atoms with Gasteiger partial charge < -0.3 is 10.2 Å². The monoisotopic (exact) mass is 677 g/mol. The average Bonchev–Trinajstić information content (AvgIpc) is 2.88. The number of nitrogens with zero attached hydrogens (tertiary/aromatic N) is 2. The molecular weight excluding hydrogens is 646 g/mol. The first-order chi connectivity index (χ1) is 18.4. The van der Waals surface area contributed by atoms with E-state index in [1.165, 1.54) is 17.0 Å². The number of amides is 2. The number of rotatable bonds is 11. The van der Waals surface area contributed by atoms with Crippen LogP contribution < -0.4 is 9.62 Å². The summed E-state index contributed by atoms with van der Waals surface area (Å²) in [5.74, 6) is -0.567. The molecule has 0 unspecified atom stereocenters. The summed E-state index contributed by atoms with van der Waals surface area (Å²) in [6.45, 7) is 7.62. The van der Waals surface area contributed by atoms with E-state index in [-0.39, 0.29) is 23.3 Å². The van der Waals surface area contributed by atoms with Gasteiger partial charge in [0.05, 0.1) is 10.6 Å². The third-order valence-corrected chi connectivity index (χ3v) is 8.85. The number of halogens is 2. The van der Waals surface area contributed by atoms with Crippen LogP contribution in [0, 0.1) is 12.8 Å². The summed E-state index contributed by atoms with van der Waals surface area (Å²) in [4.78, 5) is 28.5. The molecular formula is C29H33Br2N3O4S. The fraction of sp³-hybridized carbons (Fsp3) is 0.310. The Morgan fingerprint density at radius 1 is 0.897 bits per heavy atom. The highest BCUT2D eigenvalue weighted by molar-refractivity contribution is 9.10. The second-order valence-corrected chi connectivity index (χ2v) is 13.5. The third kappa shape index (κ3) is 8.40. The molecule has 3 rings (SSSR count). The van der Waals surface area contributed by atoms with Crippen molar-refractivity contribution in [1.82, 2.24) is 10.2 Å². The summed E-state index contributed by atoms with van der Waals surface area (Å²) in [6.07, 6.45) is 0. The molecule has 0 fully saturated rings. The van der Waals surface area contributed by atoms with Gasteiger partial charge in [-0.05, 0) is 67.8 Å². The van der Waals surface area contributed by atoms with Gasteiger partial charge in [0.1, 0.15) is 12.6 Å². The molecule has 3 aromatic carbocycles. The van der Waals surface area contributed by atoms with Crippen LogP contribution in [-0.4, -0.2) is 44.3 Å². The van der Waals surface area contributed by atoms with Crippen molar-refractivity contribution >= 4 is 59.4 Å². The maximum atomic E-state index is 13.9. The molecule has 0 aliphatic rings. The Hall–Kier alpha value is -2.69. The van der Waals surface area contributed by atoms with Gasteiger partial charge in [-0.1, -0.05) is 81.6 Å². The van der Waals surface area contributed by atoms with Crippen molar-refractivity contribution < 1.29 is 18.0 Å². The minimum Gasteiger partial charge on any atom is -0.354 e. The van der Waals surface area contributed by atoms with Gasteiger partial charge in [0.25, 0.3) is 10.0 Å². The number of aryl methyl sites for hydroxylation is 1. The van der Waals surface area contributed by atoms with Crippen molar-refractivity contribution in [1.29, 1.82) is 0 Å². The number of hydrogen-bond donors (Lipinski definition) is 1. The Bertz CT molecular complexity index is 1410. The first-order valence-corrected chi connectivity index (χ1v) is 15.6. The van der Waals surface area contributed by atoms with Crippen LogP contribution in [0.15, 0.2) is 86.6 Å². The van der Waals surface area contributed by atoms with Crippen molar-refractivity contribution in [3.8, 4) is 0 Å². The number of hydrogen-bond acceptors (Lipinski definition) is 4. The maximum absolute atomic E-state index is 13.9. The molecule has 1 atom stereocenters. The van der Waals surface area contributed by atoms with E-state index in [4.69, 9.17) is 0 Å². The molecule has 0 heterocycles. The van der Waals surface area contributed by atoms with Gasteiger partial charge in [-0.15, -0.1) is 0 Å². The van der Waals surface area contributed by atoms with Gasteiger partial charge in [-0.2, -0.15) is 0 Å². The van der Waals surface area contributed by atoms with Crippen molar-refractivity contribution in [2.75, 3.05) is 17.4 Å². The lowest BCUT2D eigenvalue weighted by atomic mass is 10.1. The van der Waals surface area contributed by atoms with Crippen LogP contribution >= 0.6 is 31.9 Å². The lowest BCUT2D eigenvalue weighted by molar-refractivity contribution is -0.139. The van der Waals surface area contributed by atoms with Crippen LogP contribution in [0.1, 0.15) is 31.9 Å². The molecule has 0 radical (unpaired) electrons. The highest BCUT2D eigenvalue weighted by atomic mass is 79.9. The standard InChI is InChI=1S/C29H33Br2N3O4S/c1-20(2)17-32-29(36)22(4)33(18-23-7-5-8-24(30)15-23)28(35)19-34(26-10-6-9-25(31)16-26)39(37,38)27-13-11-21(3)12-14-27/h5-16,20,22H,17-19H2,1-4H3,(H,32,36)/t22-/m0/s1. The van der Waals surface area contributed by atoms with Gasteiger partial charge in [-0.25, -0.2) is 8.42 Å². The minimum absolute atomic E-state index is 0.0714. The van der Waals surface area contributed by atoms with Crippen molar-refractivity contribution in [3.05, 3.63) is 92.9 Å². The highest BCUT2D eigenvalue weighted by Crippen LogP contribution is 2.27. The zero-order chi connectivity index (χ0) is 28.7. The smallest absolute Gasteiger partial charge is 0.264 e. The number of carbonyl (C=O) groups excluding carboxylic acids is 2. The number of benzene rings is 3. The molecule has 0 bridgehead atoms. The van der Waals surface area contributed by atoms with E-state index in [9.17, 15) is 18.0 Å². The minimum atomic E-state index is -4.11. The zero-order valence-corrected chi connectivity index (χ0v) is 26.4. The summed E-state index contributed by atoms with van der Waals surface area (Å²) < 4.78 is 30.3. The van der Waals surface area contributed by atoms with E-state index in [1.54, 1.807) is 43.3 Å². The van der Waals surface area contributed by atoms with Crippen LogP contribution in [-0.2, 0) is 26.2 Å². The summed E-state index contributed by atoms with van der Waals surface area (Å²) in [6, 6.07) is 19.9. The second kappa shape index (κ2) is 13.6. The maximum Gasteiger partial charge on any atom is 0.264 e. The van der Waals surface area contributed by atoms with Crippen LogP contribution in [0.3, 0.4) is 0 Å². The van der Waals surface area contributed by atoms with Gasteiger partial charge in [0.15, 0.2) is 0 Å². The molecule has 0 saturated heterocycles. The molecule has 10 heteroatoms. The van der Waals surface area contributed by atoms with E-state index >= 15 is 0 Å². The molecule has 0 aliphatic carbocycles. The second-order valence-electron chi connectivity index (χ2n) is 9.77. The predicted octanol–water partition coefficient (Wildman–Crippen LogP) is 5.90. The van der Waals surface area contributed by atoms with Gasteiger partial charge in [0.2, 0.25) is 11.8 Å². The van der Waals surface area contributed by atoms with Crippen molar-refractivity contribution in [2.24, 2.45) is 5.92 Å². The van der Waals surface area contributed by atoms with Crippen molar-refractivity contribution in [2.45, 2.75) is 45.2 Å². The average molecular weight is 679 g/mol. The SMILES string of the molecule is Cc1ccc(S(=O)(=O)N(CC(=O)N(Cc2cccc(Br)c2)[C@@H](C)C(=O)NCC(C)C)c2cccc(Br)c2)cc1. The van der Waals surface area contributed by atoms with E-state index in [0.29, 0.717) is 16.7 Å². The fourth-order valence-corrected chi connectivity index (χ4v) is 6.10. The molecule has 7 nitrogen and oxygen atoms in total. The van der Waals surface area contributed by atoms with Gasteiger partial charge in [0, 0.05) is 22.0 Å². The van der Waals surface area contributed by atoms with E-state index < -0.39 is 28.5 Å². The number of anilines is 1. The largest absolute Gasteiger partial charge is 0.354 e. The molecule has 2 amide bonds. The molecule has 0 saturated carbocycles. The molecule has 3 aromatic rings. The summed E-state index contributed by atoms with van der Waals surface area (Å²) >= 11 is 6.86. The molecule has 39 heavy (non-hydrogen) atoms. The number of carbonyl (C=O) groups is 2. The first kappa shape index (κ1) is 30.8. The Labute approximate surface area is 247 Å². The lowest BCUT2D eigenvalue weighted by Crippen LogP contribution is -2.51. The Morgan fingerprint density at radius 3 is 2.10 bits per heavy atom. The molecule has 208 valence electrons.